The maximum atomic E-state index is 12.1. The summed E-state index contributed by atoms with van der Waals surface area (Å²) >= 11 is 12.2. The molecule has 0 radical (unpaired) electrons. The summed E-state index contributed by atoms with van der Waals surface area (Å²) in [5.74, 6) is 1.40. The summed E-state index contributed by atoms with van der Waals surface area (Å²) in [4.78, 5) is 16.4. The van der Waals surface area contributed by atoms with Crippen molar-refractivity contribution in [3.05, 3.63) is 64.0 Å². The van der Waals surface area contributed by atoms with E-state index in [2.05, 4.69) is 15.5 Å². The van der Waals surface area contributed by atoms with Crippen LogP contribution in [-0.2, 0) is 17.8 Å². The zero-order valence-corrected chi connectivity index (χ0v) is 16.8. The number of hydrogen-bond donors (Lipinski definition) is 1. The Morgan fingerprint density at radius 1 is 1.14 bits per heavy atom. The highest BCUT2D eigenvalue weighted by Crippen LogP contribution is 2.25. The lowest BCUT2D eigenvalue weighted by molar-refractivity contribution is -0.121. The third kappa shape index (κ3) is 5.24. The van der Waals surface area contributed by atoms with Crippen LogP contribution in [-0.4, -0.2) is 22.7 Å². The van der Waals surface area contributed by atoms with Gasteiger partial charge in [0.05, 0.1) is 13.2 Å². The highest BCUT2D eigenvalue weighted by Gasteiger charge is 2.12. The van der Waals surface area contributed by atoms with E-state index in [0.717, 1.165) is 16.9 Å². The van der Waals surface area contributed by atoms with Crippen LogP contribution < -0.4 is 10.1 Å². The molecule has 6 nitrogen and oxygen atoms in total. The van der Waals surface area contributed by atoms with E-state index in [-0.39, 0.29) is 18.9 Å². The Bertz CT molecular complexity index is 922. The first-order valence-corrected chi connectivity index (χ1v) is 9.58. The molecule has 0 aliphatic rings. The van der Waals surface area contributed by atoms with Crippen LogP contribution in [0, 0.1) is 0 Å². The second kappa shape index (κ2) is 9.57. The molecule has 8 heteroatoms. The lowest BCUT2D eigenvalue weighted by atomic mass is 10.1. The molecule has 146 valence electrons. The Kier molecular flexibility index (Phi) is 6.90. The summed E-state index contributed by atoms with van der Waals surface area (Å²) in [6.07, 6.45) is 0.703. The van der Waals surface area contributed by atoms with Gasteiger partial charge in [0, 0.05) is 22.0 Å². The summed E-state index contributed by atoms with van der Waals surface area (Å²) in [7, 11) is 0. The number of aromatic nitrogens is 2. The molecule has 0 atom stereocenters. The second-order valence-corrected chi connectivity index (χ2v) is 6.76. The molecular weight excluding hydrogens is 401 g/mol. The van der Waals surface area contributed by atoms with Gasteiger partial charge in [-0.05, 0) is 55.3 Å². The molecule has 0 aliphatic carbocycles. The molecule has 1 heterocycles. The van der Waals surface area contributed by atoms with Crippen molar-refractivity contribution >= 4 is 29.1 Å². The Hall–Kier alpha value is -2.57. The van der Waals surface area contributed by atoms with Crippen LogP contribution in [0.15, 0.2) is 47.0 Å². The van der Waals surface area contributed by atoms with E-state index in [9.17, 15) is 4.79 Å². The molecule has 0 bridgehead atoms. The van der Waals surface area contributed by atoms with E-state index in [1.165, 1.54) is 0 Å². The number of nitrogens with one attached hydrogen (secondary N) is 1. The first-order valence-electron chi connectivity index (χ1n) is 8.82. The fourth-order valence-electron chi connectivity index (χ4n) is 2.58. The lowest BCUT2D eigenvalue weighted by Crippen LogP contribution is -2.23. The van der Waals surface area contributed by atoms with Crippen molar-refractivity contribution < 1.29 is 14.1 Å². The van der Waals surface area contributed by atoms with Gasteiger partial charge >= 0.3 is 0 Å². The topological polar surface area (TPSA) is 77.3 Å². The molecule has 0 spiro atoms. The fraction of sp³-hybridized carbons (Fsp3) is 0.250. The number of ether oxygens (including phenoxy) is 1. The van der Waals surface area contributed by atoms with Gasteiger partial charge in [-0.3, -0.25) is 4.79 Å². The van der Waals surface area contributed by atoms with Gasteiger partial charge in [0.2, 0.25) is 17.6 Å². The molecule has 0 fully saturated rings. The molecule has 0 saturated carbocycles. The predicted molar refractivity (Wildman–Crippen MR) is 108 cm³/mol. The smallest absolute Gasteiger partial charge is 0.246 e. The van der Waals surface area contributed by atoms with E-state index in [0.29, 0.717) is 34.8 Å². The van der Waals surface area contributed by atoms with Gasteiger partial charge < -0.3 is 14.6 Å². The number of rotatable bonds is 8. The Morgan fingerprint density at radius 2 is 1.86 bits per heavy atom. The van der Waals surface area contributed by atoms with Gasteiger partial charge in [-0.2, -0.15) is 4.98 Å². The molecule has 1 amide bonds. The van der Waals surface area contributed by atoms with Gasteiger partial charge in [0.1, 0.15) is 5.75 Å². The third-order valence-corrected chi connectivity index (χ3v) is 4.70. The van der Waals surface area contributed by atoms with E-state index in [4.69, 9.17) is 32.5 Å². The molecule has 1 aromatic heterocycles. The van der Waals surface area contributed by atoms with Gasteiger partial charge in [-0.25, -0.2) is 0 Å². The van der Waals surface area contributed by atoms with E-state index in [1.807, 2.05) is 31.2 Å². The van der Waals surface area contributed by atoms with Gasteiger partial charge in [0.15, 0.2) is 0 Å². The number of nitrogens with zero attached hydrogens (tertiary/aromatic N) is 2. The average molecular weight is 420 g/mol. The minimum Gasteiger partial charge on any atom is -0.494 e. The van der Waals surface area contributed by atoms with Crippen molar-refractivity contribution in [3.8, 4) is 17.1 Å². The Balaban J connectivity index is 1.52. The van der Waals surface area contributed by atoms with Crippen LogP contribution in [0.2, 0.25) is 10.0 Å². The van der Waals surface area contributed by atoms with E-state index >= 15 is 0 Å². The van der Waals surface area contributed by atoms with Gasteiger partial charge in [-0.15, -0.1) is 0 Å². The molecule has 3 aromatic rings. The van der Waals surface area contributed by atoms with Crippen LogP contribution in [0.5, 0.6) is 5.75 Å². The predicted octanol–water partition coefficient (Wildman–Crippen LogP) is 4.69. The van der Waals surface area contributed by atoms with Crippen molar-refractivity contribution in [2.24, 2.45) is 0 Å². The van der Waals surface area contributed by atoms with Gasteiger partial charge in [0.25, 0.3) is 0 Å². The highest BCUT2D eigenvalue weighted by atomic mass is 35.5. The lowest BCUT2D eigenvalue weighted by Gasteiger charge is -2.06. The molecule has 2 aromatic carbocycles. The number of carbonyl (C=O) groups is 1. The summed E-state index contributed by atoms with van der Waals surface area (Å²) < 4.78 is 10.6. The maximum Gasteiger partial charge on any atom is 0.246 e. The summed E-state index contributed by atoms with van der Waals surface area (Å²) in [5.41, 5.74) is 1.56. The van der Waals surface area contributed by atoms with Crippen LogP contribution in [0.4, 0.5) is 0 Å². The first kappa shape index (κ1) is 20.2. The molecule has 1 N–H and O–H groups in total. The van der Waals surface area contributed by atoms with Crippen LogP contribution in [0.25, 0.3) is 11.4 Å². The summed E-state index contributed by atoms with van der Waals surface area (Å²) in [6.45, 7) is 2.68. The molecule has 0 saturated heterocycles. The second-order valence-electron chi connectivity index (χ2n) is 5.95. The molecular formula is C20H19Cl2N3O3. The zero-order chi connectivity index (χ0) is 19.9. The van der Waals surface area contributed by atoms with Crippen LogP contribution in [0.3, 0.4) is 0 Å². The monoisotopic (exact) mass is 419 g/mol. The number of benzene rings is 2. The Morgan fingerprint density at radius 3 is 2.54 bits per heavy atom. The van der Waals surface area contributed by atoms with E-state index in [1.54, 1.807) is 18.2 Å². The fourth-order valence-corrected chi connectivity index (χ4v) is 3.17. The summed E-state index contributed by atoms with van der Waals surface area (Å²) in [5, 5.41) is 7.81. The largest absolute Gasteiger partial charge is 0.494 e. The van der Waals surface area contributed by atoms with Crippen molar-refractivity contribution in [3.63, 3.8) is 0 Å². The minimum absolute atomic E-state index is 0.152. The SMILES string of the molecule is CCOc1ccc(-c2noc(CNC(=O)CCc3c(Cl)cccc3Cl)n2)cc1. The standard InChI is InChI=1S/C20H19Cl2N3O3/c1-2-27-14-8-6-13(7-9-14)20-24-19(28-25-20)12-23-18(26)11-10-15-16(21)4-3-5-17(15)22/h3-9H,2,10-12H2,1H3,(H,23,26). The summed E-state index contributed by atoms with van der Waals surface area (Å²) in [6, 6.07) is 12.7. The van der Waals surface area contributed by atoms with Crippen molar-refractivity contribution in [2.45, 2.75) is 26.3 Å². The van der Waals surface area contributed by atoms with E-state index < -0.39 is 0 Å². The van der Waals surface area contributed by atoms with Crippen molar-refractivity contribution in [1.82, 2.24) is 15.5 Å². The molecule has 28 heavy (non-hydrogen) atoms. The first-order chi connectivity index (χ1) is 13.6. The van der Waals surface area contributed by atoms with Crippen molar-refractivity contribution in [1.29, 1.82) is 0 Å². The Labute approximate surface area is 172 Å². The normalized spacial score (nSPS) is 10.7. The molecule has 0 unspecified atom stereocenters. The number of halogens is 2. The average Bonchev–Trinajstić information content (AvgIpc) is 3.16. The third-order valence-electron chi connectivity index (χ3n) is 3.99. The number of amides is 1. The van der Waals surface area contributed by atoms with Gasteiger partial charge in [-0.1, -0.05) is 34.4 Å². The molecule has 0 aliphatic heterocycles. The minimum atomic E-state index is -0.156. The quantitative estimate of drug-likeness (QED) is 0.572. The van der Waals surface area contributed by atoms with Crippen LogP contribution >= 0.6 is 23.2 Å². The van der Waals surface area contributed by atoms with Crippen LogP contribution in [0.1, 0.15) is 24.8 Å². The highest BCUT2D eigenvalue weighted by molar-refractivity contribution is 6.36. The maximum absolute atomic E-state index is 12.1. The molecule has 3 rings (SSSR count). The van der Waals surface area contributed by atoms with Crippen molar-refractivity contribution in [2.75, 3.05) is 6.61 Å². The number of carbonyl (C=O) groups excluding carboxylic acids is 1. The number of hydrogen-bond acceptors (Lipinski definition) is 5. The zero-order valence-electron chi connectivity index (χ0n) is 15.2.